The summed E-state index contributed by atoms with van der Waals surface area (Å²) in [6, 6.07) is 0. The second-order valence-electron chi connectivity index (χ2n) is 5.62. The van der Waals surface area contributed by atoms with E-state index in [1.54, 1.807) is 0 Å². The van der Waals surface area contributed by atoms with Gasteiger partial charge in [-0.05, 0) is 26.7 Å². The number of carbonyl (C=O) groups is 1. The molecule has 0 bridgehead atoms. The van der Waals surface area contributed by atoms with Crippen molar-refractivity contribution in [2.75, 3.05) is 26.4 Å². The number of nitrogens with one attached hydrogen (secondary N) is 1. The smallest absolute Gasteiger partial charge is 0.307 e. The van der Waals surface area contributed by atoms with Gasteiger partial charge in [-0.2, -0.15) is 0 Å². The summed E-state index contributed by atoms with van der Waals surface area (Å²) in [6.45, 7) is 12.6. The second kappa shape index (κ2) is 8.48. The van der Waals surface area contributed by atoms with Gasteiger partial charge in [-0.3, -0.25) is 4.79 Å². The molecule has 0 aliphatic carbocycles. The Kier molecular flexibility index (Phi) is 8.17. The van der Waals surface area contributed by atoms with Gasteiger partial charge in [0.2, 0.25) is 0 Å². The molecule has 0 fully saturated rings. The normalized spacial score (nSPS) is 11.9. The summed E-state index contributed by atoms with van der Waals surface area (Å²) >= 11 is 0. The first-order valence-electron chi connectivity index (χ1n) is 6.29. The predicted octanol–water partition coefficient (Wildman–Crippen LogP) is 1.98. The van der Waals surface area contributed by atoms with E-state index in [1.807, 2.05) is 0 Å². The van der Waals surface area contributed by atoms with Crippen LogP contribution in [0.1, 0.15) is 41.0 Å². The number of hydrogen-bond acceptors (Lipinski definition) is 4. The highest BCUT2D eigenvalue weighted by Gasteiger charge is 2.09. The van der Waals surface area contributed by atoms with E-state index in [0.29, 0.717) is 38.7 Å². The Morgan fingerprint density at radius 2 is 1.88 bits per heavy atom. The average Bonchev–Trinajstić information content (AvgIpc) is 2.14. The van der Waals surface area contributed by atoms with Crippen molar-refractivity contribution in [1.29, 1.82) is 0 Å². The Hall–Kier alpha value is -0.610. The van der Waals surface area contributed by atoms with Crippen LogP contribution in [0, 0.1) is 5.92 Å². The van der Waals surface area contributed by atoms with Crippen LogP contribution in [0.25, 0.3) is 0 Å². The Balaban J connectivity index is 3.35. The minimum atomic E-state index is -0.171. The maximum atomic E-state index is 11.3. The molecule has 102 valence electrons. The lowest BCUT2D eigenvalue weighted by atomic mass is 10.1. The molecule has 0 aromatic rings. The number of ether oxygens (including phenoxy) is 2. The molecule has 0 unspecified atom stereocenters. The zero-order valence-corrected chi connectivity index (χ0v) is 11.8. The molecule has 17 heavy (non-hydrogen) atoms. The number of carbonyl (C=O) groups excluding carboxylic acids is 1. The topological polar surface area (TPSA) is 47.6 Å². The highest BCUT2D eigenvalue weighted by Crippen LogP contribution is 1.98. The molecule has 0 saturated carbocycles. The lowest BCUT2D eigenvalue weighted by Gasteiger charge is -2.19. The molecule has 0 heterocycles. The molecule has 0 aromatic carbocycles. The van der Waals surface area contributed by atoms with Crippen LogP contribution in [-0.2, 0) is 14.3 Å². The lowest BCUT2D eigenvalue weighted by molar-refractivity contribution is -0.145. The monoisotopic (exact) mass is 245 g/mol. The van der Waals surface area contributed by atoms with Crippen molar-refractivity contribution < 1.29 is 14.3 Å². The molecule has 0 saturated heterocycles. The quantitative estimate of drug-likeness (QED) is 0.525. The van der Waals surface area contributed by atoms with Crippen molar-refractivity contribution in [1.82, 2.24) is 5.32 Å². The summed E-state index contributed by atoms with van der Waals surface area (Å²) in [6.07, 6.45) is 0.404. The predicted molar refractivity (Wildman–Crippen MR) is 69.0 cm³/mol. The van der Waals surface area contributed by atoms with Crippen LogP contribution in [-0.4, -0.2) is 37.9 Å². The fourth-order valence-electron chi connectivity index (χ4n) is 1.15. The zero-order chi connectivity index (χ0) is 13.3. The highest BCUT2D eigenvalue weighted by atomic mass is 16.6. The number of rotatable bonds is 8. The third-order valence-corrected chi connectivity index (χ3v) is 1.93. The van der Waals surface area contributed by atoms with Crippen LogP contribution < -0.4 is 5.32 Å². The Bertz CT molecular complexity index is 209. The molecule has 0 amide bonds. The first-order chi connectivity index (χ1) is 7.81. The van der Waals surface area contributed by atoms with E-state index < -0.39 is 0 Å². The van der Waals surface area contributed by atoms with Gasteiger partial charge in [0.1, 0.15) is 6.61 Å². The van der Waals surface area contributed by atoms with Crippen molar-refractivity contribution in [2.24, 2.45) is 5.92 Å². The van der Waals surface area contributed by atoms with Crippen LogP contribution in [0.4, 0.5) is 0 Å². The molecular weight excluding hydrogens is 218 g/mol. The molecule has 0 radical (unpaired) electrons. The maximum Gasteiger partial charge on any atom is 0.307 e. The van der Waals surface area contributed by atoms with Crippen molar-refractivity contribution in [2.45, 2.75) is 46.6 Å². The molecule has 0 atom stereocenters. The van der Waals surface area contributed by atoms with E-state index in [9.17, 15) is 4.79 Å². The van der Waals surface area contributed by atoms with Crippen LogP contribution in [0.2, 0.25) is 0 Å². The fourth-order valence-corrected chi connectivity index (χ4v) is 1.15. The maximum absolute atomic E-state index is 11.3. The van der Waals surface area contributed by atoms with Gasteiger partial charge in [-0.1, -0.05) is 13.8 Å². The molecule has 0 aromatic heterocycles. The van der Waals surface area contributed by atoms with E-state index in [-0.39, 0.29) is 11.5 Å². The number of esters is 1. The summed E-state index contributed by atoms with van der Waals surface area (Å²) in [4.78, 5) is 11.3. The van der Waals surface area contributed by atoms with Crippen LogP contribution in [0.15, 0.2) is 0 Å². The van der Waals surface area contributed by atoms with Crippen LogP contribution in [0.3, 0.4) is 0 Å². The molecule has 4 heteroatoms. The highest BCUT2D eigenvalue weighted by molar-refractivity contribution is 5.69. The van der Waals surface area contributed by atoms with Gasteiger partial charge in [0, 0.05) is 18.7 Å². The third kappa shape index (κ3) is 13.3. The first kappa shape index (κ1) is 16.4. The average molecular weight is 245 g/mol. The first-order valence-corrected chi connectivity index (χ1v) is 6.29. The van der Waals surface area contributed by atoms with Gasteiger partial charge in [0.25, 0.3) is 0 Å². The van der Waals surface area contributed by atoms with Crippen molar-refractivity contribution in [3.05, 3.63) is 0 Å². The number of hydrogen-bond donors (Lipinski definition) is 1. The van der Waals surface area contributed by atoms with E-state index in [4.69, 9.17) is 9.47 Å². The Morgan fingerprint density at radius 1 is 1.24 bits per heavy atom. The van der Waals surface area contributed by atoms with E-state index in [0.717, 1.165) is 0 Å². The SMILES string of the molecule is CC(C)COCCOC(=O)CCNC(C)(C)C. The fraction of sp³-hybridized carbons (Fsp3) is 0.923. The molecule has 4 nitrogen and oxygen atoms in total. The van der Waals surface area contributed by atoms with Gasteiger partial charge in [-0.25, -0.2) is 0 Å². The summed E-state index contributed by atoms with van der Waals surface area (Å²) < 4.78 is 10.3. The molecule has 1 N–H and O–H groups in total. The zero-order valence-electron chi connectivity index (χ0n) is 11.8. The standard InChI is InChI=1S/C13H27NO3/c1-11(2)10-16-8-9-17-12(15)6-7-14-13(3,4)5/h11,14H,6-10H2,1-5H3. The molecule has 0 aliphatic heterocycles. The van der Waals surface area contributed by atoms with E-state index in [1.165, 1.54) is 0 Å². The van der Waals surface area contributed by atoms with Crippen LogP contribution in [0.5, 0.6) is 0 Å². The summed E-state index contributed by atoms with van der Waals surface area (Å²) in [5, 5.41) is 3.24. The minimum absolute atomic E-state index is 0.0423. The van der Waals surface area contributed by atoms with Crippen molar-refractivity contribution in [3.8, 4) is 0 Å². The summed E-state index contributed by atoms with van der Waals surface area (Å²) in [7, 11) is 0. The third-order valence-electron chi connectivity index (χ3n) is 1.93. The second-order valence-corrected chi connectivity index (χ2v) is 5.62. The van der Waals surface area contributed by atoms with E-state index in [2.05, 4.69) is 39.9 Å². The van der Waals surface area contributed by atoms with E-state index >= 15 is 0 Å². The summed E-state index contributed by atoms with van der Waals surface area (Å²) in [5.41, 5.74) is 0.0423. The Labute approximate surface area is 105 Å². The van der Waals surface area contributed by atoms with Gasteiger partial charge < -0.3 is 14.8 Å². The molecule has 0 spiro atoms. The minimum Gasteiger partial charge on any atom is -0.463 e. The van der Waals surface area contributed by atoms with Crippen LogP contribution >= 0.6 is 0 Å². The Morgan fingerprint density at radius 3 is 2.41 bits per heavy atom. The molecule has 0 rings (SSSR count). The van der Waals surface area contributed by atoms with Gasteiger partial charge in [0.05, 0.1) is 13.0 Å². The summed E-state index contributed by atoms with van der Waals surface area (Å²) in [5.74, 6) is 0.344. The molecule has 0 aliphatic rings. The lowest BCUT2D eigenvalue weighted by Crippen LogP contribution is -2.37. The van der Waals surface area contributed by atoms with Gasteiger partial charge in [0.15, 0.2) is 0 Å². The van der Waals surface area contributed by atoms with Crippen molar-refractivity contribution >= 4 is 5.97 Å². The van der Waals surface area contributed by atoms with Gasteiger partial charge >= 0.3 is 5.97 Å². The van der Waals surface area contributed by atoms with Crippen molar-refractivity contribution in [3.63, 3.8) is 0 Å². The van der Waals surface area contributed by atoms with Gasteiger partial charge in [-0.15, -0.1) is 0 Å². The molecular formula is C13H27NO3. The largest absolute Gasteiger partial charge is 0.463 e.